The van der Waals surface area contributed by atoms with E-state index < -0.39 is 36.4 Å². The summed E-state index contributed by atoms with van der Waals surface area (Å²) < 4.78 is 58.9. The van der Waals surface area contributed by atoms with E-state index in [-0.39, 0.29) is 0 Å². The lowest BCUT2D eigenvalue weighted by atomic mass is 10.3. The van der Waals surface area contributed by atoms with E-state index >= 15 is 0 Å². The van der Waals surface area contributed by atoms with Crippen LogP contribution in [0.3, 0.4) is 0 Å². The van der Waals surface area contributed by atoms with Gasteiger partial charge in [0.25, 0.3) is 15.5 Å². The highest BCUT2D eigenvalue weighted by Crippen LogP contribution is 2.31. The number of aromatic nitrogens is 1. The van der Waals surface area contributed by atoms with Gasteiger partial charge in [-0.1, -0.05) is 0 Å². The van der Waals surface area contributed by atoms with Crippen LogP contribution in [-0.2, 0) is 9.05 Å². The number of hydrogen-bond donors (Lipinski definition) is 0. The molecular weight excluding hydrogens is 322 g/mol. The monoisotopic (exact) mass is 323 g/mol. The molecule has 0 spiro atoms. The van der Waals surface area contributed by atoms with Crippen LogP contribution < -0.4 is 0 Å². The summed E-state index contributed by atoms with van der Waals surface area (Å²) >= 11 is 2.61. The van der Waals surface area contributed by atoms with Crippen LogP contribution in [0.5, 0.6) is 0 Å². The summed E-state index contributed by atoms with van der Waals surface area (Å²) in [7, 11) is 0.397. The van der Waals surface area contributed by atoms with Crippen molar-refractivity contribution in [3.63, 3.8) is 0 Å². The average molecular weight is 325 g/mol. The van der Waals surface area contributed by atoms with E-state index in [0.717, 1.165) is 0 Å². The molecule has 0 fully saturated rings. The van der Waals surface area contributed by atoms with E-state index in [1.165, 1.54) is 0 Å². The van der Waals surface area contributed by atoms with E-state index in [0.29, 0.717) is 6.20 Å². The van der Waals surface area contributed by atoms with Gasteiger partial charge >= 0.3 is 0 Å². The van der Waals surface area contributed by atoms with Gasteiger partial charge in [-0.25, -0.2) is 26.6 Å². The van der Waals surface area contributed by atoms with Gasteiger partial charge in [0.1, 0.15) is 4.60 Å². The zero-order valence-electron chi connectivity index (χ0n) is 6.72. The molecule has 0 aliphatic carbocycles. The maximum atomic E-state index is 13.3. The van der Waals surface area contributed by atoms with E-state index in [1.54, 1.807) is 0 Å². The highest BCUT2D eigenvalue weighted by molar-refractivity contribution is 9.10. The topological polar surface area (TPSA) is 47.0 Å². The van der Waals surface area contributed by atoms with Crippen molar-refractivity contribution in [2.45, 2.75) is 11.3 Å². The molecule has 0 N–H and O–H groups in total. The van der Waals surface area contributed by atoms with Crippen molar-refractivity contribution in [3.05, 3.63) is 22.2 Å². The average Bonchev–Trinajstić information content (AvgIpc) is 2.00. The summed E-state index contributed by atoms with van der Waals surface area (Å²) in [5.41, 5.74) is -1.11. The minimum absolute atomic E-state index is 0.445. The third kappa shape index (κ3) is 2.61. The van der Waals surface area contributed by atoms with Crippen molar-refractivity contribution in [3.8, 4) is 0 Å². The molecule has 0 unspecified atom stereocenters. The molecule has 1 aromatic rings. The Morgan fingerprint density at radius 3 is 2.40 bits per heavy atom. The van der Waals surface area contributed by atoms with Crippen LogP contribution in [0.2, 0.25) is 0 Å². The molecule has 0 aliphatic rings. The molecule has 1 heterocycles. The van der Waals surface area contributed by atoms with E-state index in [9.17, 15) is 21.6 Å². The highest BCUT2D eigenvalue weighted by atomic mass is 79.9. The van der Waals surface area contributed by atoms with Crippen molar-refractivity contribution in [2.75, 3.05) is 0 Å². The molecule has 9 heteroatoms. The number of halogens is 5. The Balaban J connectivity index is 3.59. The predicted molar refractivity (Wildman–Crippen MR) is 49.9 cm³/mol. The third-order valence-electron chi connectivity index (χ3n) is 1.44. The van der Waals surface area contributed by atoms with Crippen LogP contribution in [0.1, 0.15) is 12.0 Å². The lowest BCUT2D eigenvalue weighted by molar-refractivity contribution is 0.145. The first-order valence-corrected chi connectivity index (χ1v) is 6.42. The molecule has 0 saturated carbocycles. The summed E-state index contributed by atoms with van der Waals surface area (Å²) in [5.74, 6) is -1.60. The lowest BCUT2D eigenvalue weighted by Crippen LogP contribution is -2.03. The number of hydrogen-bond acceptors (Lipinski definition) is 3. The predicted octanol–water partition coefficient (Wildman–Crippen LogP) is 2.85. The van der Waals surface area contributed by atoms with Gasteiger partial charge in [-0.2, -0.15) is 0 Å². The summed E-state index contributed by atoms with van der Waals surface area (Å²) in [6.45, 7) is 0. The fourth-order valence-electron chi connectivity index (χ4n) is 0.823. The SMILES string of the molecule is O=S(=O)(Cl)c1c(Br)ncc(C(F)F)c1F. The van der Waals surface area contributed by atoms with Crippen LogP contribution in [0, 0.1) is 5.82 Å². The van der Waals surface area contributed by atoms with Crippen LogP contribution in [-0.4, -0.2) is 13.4 Å². The largest absolute Gasteiger partial charge is 0.268 e. The highest BCUT2D eigenvalue weighted by Gasteiger charge is 2.27. The smallest absolute Gasteiger partial charge is 0.247 e. The Bertz CT molecular complexity index is 493. The van der Waals surface area contributed by atoms with Crippen molar-refractivity contribution in [1.29, 1.82) is 0 Å². The van der Waals surface area contributed by atoms with Crippen molar-refractivity contribution >= 4 is 35.7 Å². The van der Waals surface area contributed by atoms with Gasteiger partial charge in [0.15, 0.2) is 10.7 Å². The van der Waals surface area contributed by atoms with E-state index in [2.05, 4.69) is 20.9 Å². The molecule has 15 heavy (non-hydrogen) atoms. The van der Waals surface area contributed by atoms with Crippen molar-refractivity contribution < 1.29 is 21.6 Å². The van der Waals surface area contributed by atoms with Gasteiger partial charge < -0.3 is 0 Å². The minimum Gasteiger partial charge on any atom is -0.247 e. The molecule has 0 aromatic carbocycles. The molecule has 0 atom stereocenters. The quantitative estimate of drug-likeness (QED) is 0.621. The lowest BCUT2D eigenvalue weighted by Gasteiger charge is -2.06. The fourth-order valence-corrected chi connectivity index (χ4v) is 3.03. The molecule has 1 rings (SSSR count). The normalized spacial score (nSPS) is 12.1. The molecule has 0 amide bonds. The summed E-state index contributed by atoms with van der Waals surface area (Å²) in [4.78, 5) is 2.18. The molecular formula is C6H2BrClF3NO2S. The van der Waals surface area contributed by atoms with Gasteiger partial charge in [-0.15, -0.1) is 0 Å². The Labute approximate surface area is 95.8 Å². The van der Waals surface area contributed by atoms with Crippen LogP contribution >= 0.6 is 26.6 Å². The first kappa shape index (κ1) is 12.7. The summed E-state index contributed by atoms with van der Waals surface area (Å²) in [6.07, 6.45) is -2.63. The fraction of sp³-hybridized carbons (Fsp3) is 0.167. The second-order valence-electron chi connectivity index (χ2n) is 2.39. The molecule has 0 saturated heterocycles. The number of nitrogens with zero attached hydrogens (tertiary/aromatic N) is 1. The number of rotatable bonds is 2. The zero-order chi connectivity index (χ0) is 11.8. The number of alkyl halides is 2. The molecule has 0 radical (unpaired) electrons. The first-order valence-electron chi connectivity index (χ1n) is 3.32. The Hall–Kier alpha value is -0.340. The summed E-state index contributed by atoms with van der Waals surface area (Å²) in [5, 5.41) is 0. The second-order valence-corrected chi connectivity index (χ2v) is 5.64. The van der Waals surface area contributed by atoms with Crippen molar-refractivity contribution in [1.82, 2.24) is 4.98 Å². The van der Waals surface area contributed by atoms with Gasteiger partial charge in [0.2, 0.25) is 0 Å². The third-order valence-corrected chi connectivity index (χ3v) is 3.62. The number of pyridine rings is 1. The first-order chi connectivity index (χ1) is 6.75. The van der Waals surface area contributed by atoms with Crippen LogP contribution in [0.4, 0.5) is 13.2 Å². The second kappa shape index (κ2) is 4.26. The maximum Gasteiger partial charge on any atom is 0.268 e. The molecule has 84 valence electrons. The molecule has 0 aliphatic heterocycles. The zero-order valence-corrected chi connectivity index (χ0v) is 9.87. The van der Waals surface area contributed by atoms with Gasteiger partial charge in [-0.05, 0) is 15.9 Å². The van der Waals surface area contributed by atoms with Crippen LogP contribution in [0.15, 0.2) is 15.7 Å². The van der Waals surface area contributed by atoms with Gasteiger partial charge in [-0.3, -0.25) is 0 Å². The Kier molecular flexibility index (Phi) is 3.62. The Morgan fingerprint density at radius 2 is 2.00 bits per heavy atom. The Morgan fingerprint density at radius 1 is 1.47 bits per heavy atom. The molecule has 1 aromatic heterocycles. The minimum atomic E-state index is -4.47. The maximum absolute atomic E-state index is 13.3. The van der Waals surface area contributed by atoms with E-state index in [1.807, 2.05) is 0 Å². The van der Waals surface area contributed by atoms with E-state index in [4.69, 9.17) is 10.7 Å². The molecule has 0 bridgehead atoms. The van der Waals surface area contributed by atoms with Gasteiger partial charge in [0.05, 0.1) is 5.56 Å². The standard InChI is InChI=1S/C6H2BrClF3NO2S/c7-5-4(15(8,13)14)3(9)2(1-12-5)6(10)11/h1,6H. The van der Waals surface area contributed by atoms with Crippen molar-refractivity contribution in [2.24, 2.45) is 0 Å². The van der Waals surface area contributed by atoms with Gasteiger partial charge in [0, 0.05) is 16.9 Å². The summed E-state index contributed by atoms with van der Waals surface area (Å²) in [6, 6.07) is 0. The van der Waals surface area contributed by atoms with Crippen LogP contribution in [0.25, 0.3) is 0 Å². The molecule has 3 nitrogen and oxygen atoms in total.